The van der Waals surface area contributed by atoms with Gasteiger partial charge >= 0.3 is 0 Å². The van der Waals surface area contributed by atoms with Gasteiger partial charge in [0, 0.05) is 31.1 Å². The number of ether oxygens (including phenoxy) is 1. The van der Waals surface area contributed by atoms with E-state index in [1.165, 1.54) is 22.0 Å². The number of hydrogen-bond acceptors (Lipinski definition) is 6. The van der Waals surface area contributed by atoms with E-state index in [9.17, 15) is 4.79 Å². The molecule has 2 aromatic carbocycles. The number of fused-ring (bicyclic) bond motifs is 2. The Kier molecular flexibility index (Phi) is 6.28. The normalized spacial score (nSPS) is 15.7. The van der Waals surface area contributed by atoms with Crippen molar-refractivity contribution in [3.8, 4) is 5.75 Å². The second-order valence-corrected chi connectivity index (χ2v) is 9.69. The number of carbonyl (C=O) groups is 1. The van der Waals surface area contributed by atoms with Crippen LogP contribution < -0.4 is 10.1 Å². The highest BCUT2D eigenvalue weighted by Crippen LogP contribution is 2.38. The monoisotopic (exact) mass is 486 g/mol. The van der Waals surface area contributed by atoms with Gasteiger partial charge in [-0.3, -0.25) is 9.48 Å². The third-order valence-electron chi connectivity index (χ3n) is 7.55. The van der Waals surface area contributed by atoms with Crippen molar-refractivity contribution < 1.29 is 9.53 Å². The minimum absolute atomic E-state index is 0.0893. The maximum Gasteiger partial charge on any atom is 0.219 e. The molecule has 4 aromatic rings. The number of likely N-dealkylation sites (tertiary alicyclic amines) is 1. The first-order chi connectivity index (χ1) is 17.3. The molecule has 3 heterocycles. The lowest BCUT2D eigenvalue weighted by atomic mass is 9.97. The van der Waals surface area contributed by atoms with E-state index in [-0.39, 0.29) is 11.9 Å². The third-order valence-corrected chi connectivity index (χ3v) is 7.55. The van der Waals surface area contributed by atoms with Crippen LogP contribution in [0, 0.1) is 27.7 Å². The predicted octanol–water partition coefficient (Wildman–Crippen LogP) is 5.37. The highest BCUT2D eigenvalue weighted by molar-refractivity contribution is 5.99. The first-order valence-electron chi connectivity index (χ1n) is 12.7. The number of hydrogen-bond donors (Lipinski definition) is 1. The second-order valence-electron chi connectivity index (χ2n) is 9.69. The van der Waals surface area contributed by atoms with Crippen molar-refractivity contribution in [2.45, 2.75) is 67.0 Å². The number of nitrogens with one attached hydrogen (secondary N) is 1. The number of anilines is 2. The first kappa shape index (κ1) is 24.0. The average molecular weight is 487 g/mol. The van der Waals surface area contributed by atoms with E-state index in [1.54, 1.807) is 13.3 Å². The van der Waals surface area contributed by atoms with Crippen LogP contribution in [0.4, 0.5) is 11.5 Å². The fourth-order valence-corrected chi connectivity index (χ4v) is 5.62. The fourth-order valence-electron chi connectivity index (χ4n) is 5.62. The number of aromatic nitrogens is 4. The summed E-state index contributed by atoms with van der Waals surface area (Å²) in [4.78, 5) is 23.0. The lowest BCUT2D eigenvalue weighted by Crippen LogP contribution is -2.37. The minimum Gasteiger partial charge on any atom is -0.491 e. The molecule has 36 heavy (non-hydrogen) atoms. The Hall–Kier alpha value is -3.68. The van der Waals surface area contributed by atoms with Crippen molar-refractivity contribution in [2.75, 3.05) is 18.5 Å². The number of benzene rings is 2. The van der Waals surface area contributed by atoms with Crippen LogP contribution >= 0.6 is 0 Å². The summed E-state index contributed by atoms with van der Waals surface area (Å²) in [6.45, 7) is 14.3. The van der Waals surface area contributed by atoms with Gasteiger partial charge < -0.3 is 15.0 Å². The minimum atomic E-state index is 0.0893. The molecule has 8 nitrogen and oxygen atoms in total. The second kappa shape index (κ2) is 9.41. The van der Waals surface area contributed by atoms with Crippen molar-refractivity contribution in [2.24, 2.45) is 0 Å². The van der Waals surface area contributed by atoms with Crippen molar-refractivity contribution in [1.82, 2.24) is 24.6 Å². The number of amides is 1. The molecule has 8 heteroatoms. The molecule has 0 saturated carbocycles. The molecule has 5 rings (SSSR count). The van der Waals surface area contributed by atoms with Crippen LogP contribution in [0.15, 0.2) is 24.5 Å². The highest BCUT2D eigenvalue weighted by Gasteiger charge is 2.27. The quantitative estimate of drug-likeness (QED) is 0.395. The Morgan fingerprint density at radius 2 is 1.92 bits per heavy atom. The van der Waals surface area contributed by atoms with Gasteiger partial charge in [-0.2, -0.15) is 5.10 Å². The summed E-state index contributed by atoms with van der Waals surface area (Å²) in [6, 6.07) is 5.95. The van der Waals surface area contributed by atoms with E-state index in [0.717, 1.165) is 53.8 Å². The number of carbonyl (C=O) groups excluding carboxylic acids is 1. The summed E-state index contributed by atoms with van der Waals surface area (Å²) in [5.41, 5.74) is 7.59. The Morgan fingerprint density at radius 3 is 2.67 bits per heavy atom. The molecule has 1 amide bonds. The third kappa shape index (κ3) is 3.94. The van der Waals surface area contributed by atoms with Gasteiger partial charge in [-0.25, -0.2) is 9.97 Å². The highest BCUT2D eigenvalue weighted by atomic mass is 16.5. The van der Waals surface area contributed by atoms with Gasteiger partial charge in [-0.1, -0.05) is 6.07 Å². The smallest absolute Gasteiger partial charge is 0.219 e. The molecule has 1 unspecified atom stereocenters. The maximum absolute atomic E-state index is 12.0. The molecule has 1 aliphatic heterocycles. The van der Waals surface area contributed by atoms with Gasteiger partial charge in [0.15, 0.2) is 0 Å². The van der Waals surface area contributed by atoms with Crippen molar-refractivity contribution in [1.29, 1.82) is 0 Å². The topological polar surface area (TPSA) is 85.2 Å². The SMILES string of the molecule is CCn1nc(C)c2c(C)c(Nc3ncnc4cccc(OCC5CCCN5C(C)=O)c34)c(C)c(C)c21. The lowest BCUT2D eigenvalue weighted by molar-refractivity contribution is -0.130. The maximum atomic E-state index is 12.0. The summed E-state index contributed by atoms with van der Waals surface area (Å²) in [7, 11) is 0. The van der Waals surface area contributed by atoms with E-state index >= 15 is 0 Å². The first-order valence-corrected chi connectivity index (χ1v) is 12.7. The molecule has 0 bridgehead atoms. The van der Waals surface area contributed by atoms with E-state index in [1.807, 2.05) is 23.1 Å². The van der Waals surface area contributed by atoms with Gasteiger partial charge in [-0.05, 0) is 76.3 Å². The van der Waals surface area contributed by atoms with Gasteiger partial charge in [0.2, 0.25) is 5.91 Å². The zero-order chi connectivity index (χ0) is 25.6. The summed E-state index contributed by atoms with van der Waals surface area (Å²) >= 11 is 0. The van der Waals surface area contributed by atoms with Crippen LogP contribution in [-0.2, 0) is 11.3 Å². The van der Waals surface area contributed by atoms with E-state index < -0.39 is 0 Å². The molecule has 0 aliphatic carbocycles. The van der Waals surface area contributed by atoms with Gasteiger partial charge in [-0.15, -0.1) is 0 Å². The molecule has 1 saturated heterocycles. The molecule has 0 radical (unpaired) electrons. The fraction of sp³-hybridized carbons (Fsp3) is 0.429. The van der Waals surface area contributed by atoms with Crippen molar-refractivity contribution in [3.63, 3.8) is 0 Å². The predicted molar refractivity (Wildman–Crippen MR) is 143 cm³/mol. The zero-order valence-corrected chi connectivity index (χ0v) is 22.0. The number of nitrogens with zero attached hydrogens (tertiary/aromatic N) is 5. The molecular formula is C28H34N6O2. The van der Waals surface area contributed by atoms with Crippen LogP contribution in [0.5, 0.6) is 5.75 Å². The average Bonchev–Trinajstić information content (AvgIpc) is 3.48. The van der Waals surface area contributed by atoms with Crippen LogP contribution in [0.25, 0.3) is 21.8 Å². The largest absolute Gasteiger partial charge is 0.491 e. The lowest BCUT2D eigenvalue weighted by Gasteiger charge is -2.24. The molecule has 188 valence electrons. The van der Waals surface area contributed by atoms with Gasteiger partial charge in [0.05, 0.1) is 28.2 Å². The summed E-state index contributed by atoms with van der Waals surface area (Å²) in [6.07, 6.45) is 3.54. The van der Waals surface area contributed by atoms with Gasteiger partial charge in [0.1, 0.15) is 24.5 Å². The molecular weight excluding hydrogens is 452 g/mol. The van der Waals surface area contributed by atoms with Crippen LogP contribution in [0.1, 0.15) is 49.1 Å². The van der Waals surface area contributed by atoms with Crippen LogP contribution in [0.2, 0.25) is 0 Å². The Balaban J connectivity index is 1.56. The Bertz CT molecular complexity index is 1470. The number of aryl methyl sites for hydroxylation is 4. The standard InChI is InChI=1S/C28H34N6O2/c1-7-34-27-17(3)16(2)26(18(4)24(27)19(5)32-34)31-28-25-22(29-15-30-28)11-8-12-23(25)36-14-21-10-9-13-33(21)20(6)35/h8,11-12,15,21H,7,9-10,13-14H2,1-6H3,(H,29,30,31). The summed E-state index contributed by atoms with van der Waals surface area (Å²) in [5.74, 6) is 1.52. The zero-order valence-electron chi connectivity index (χ0n) is 22.0. The van der Waals surface area contributed by atoms with Crippen LogP contribution in [-0.4, -0.2) is 49.7 Å². The Morgan fingerprint density at radius 1 is 1.11 bits per heavy atom. The molecule has 1 N–H and O–H groups in total. The van der Waals surface area contributed by atoms with E-state index in [0.29, 0.717) is 18.2 Å². The van der Waals surface area contributed by atoms with Gasteiger partial charge in [0.25, 0.3) is 0 Å². The Labute approximate surface area is 211 Å². The van der Waals surface area contributed by atoms with E-state index in [2.05, 4.69) is 54.6 Å². The van der Waals surface area contributed by atoms with Crippen molar-refractivity contribution in [3.05, 3.63) is 46.9 Å². The number of rotatable bonds is 6. The summed E-state index contributed by atoms with van der Waals surface area (Å²) in [5, 5.41) is 10.4. The molecule has 1 fully saturated rings. The van der Waals surface area contributed by atoms with Crippen LogP contribution in [0.3, 0.4) is 0 Å². The molecule has 2 aromatic heterocycles. The van der Waals surface area contributed by atoms with E-state index in [4.69, 9.17) is 9.84 Å². The summed E-state index contributed by atoms with van der Waals surface area (Å²) < 4.78 is 8.41. The van der Waals surface area contributed by atoms with Crippen molar-refractivity contribution >= 4 is 39.2 Å². The molecule has 1 atom stereocenters. The molecule has 1 aliphatic rings. The molecule has 0 spiro atoms.